The predicted octanol–water partition coefficient (Wildman–Crippen LogP) is 2.54. The predicted molar refractivity (Wildman–Crippen MR) is 90.5 cm³/mol. The molecule has 0 radical (unpaired) electrons. The van der Waals surface area contributed by atoms with Gasteiger partial charge in [0.15, 0.2) is 11.5 Å². The van der Waals surface area contributed by atoms with Crippen LogP contribution in [0.15, 0.2) is 36.5 Å². The van der Waals surface area contributed by atoms with Gasteiger partial charge in [0.25, 0.3) is 0 Å². The molecule has 6 nitrogen and oxygen atoms in total. The topological polar surface area (TPSA) is 56.7 Å². The zero-order valence-corrected chi connectivity index (χ0v) is 14.1. The molecular formula is C18H23N3O3. The molecule has 128 valence electrons. The number of para-hydroxylation sites is 2. The summed E-state index contributed by atoms with van der Waals surface area (Å²) in [6, 6.07) is 10.1. The number of benzene rings is 1. The Balaban J connectivity index is 1.61. The second-order valence-electron chi connectivity index (χ2n) is 5.80. The molecule has 1 aliphatic rings. The van der Waals surface area contributed by atoms with E-state index in [0.717, 1.165) is 49.7 Å². The first-order valence-electron chi connectivity index (χ1n) is 8.16. The van der Waals surface area contributed by atoms with Gasteiger partial charge in [0, 0.05) is 19.3 Å². The van der Waals surface area contributed by atoms with Gasteiger partial charge in [-0.15, -0.1) is 0 Å². The molecular weight excluding hydrogens is 306 g/mol. The van der Waals surface area contributed by atoms with E-state index in [9.17, 15) is 0 Å². The van der Waals surface area contributed by atoms with Crippen LogP contribution in [0.5, 0.6) is 17.5 Å². The van der Waals surface area contributed by atoms with Crippen molar-refractivity contribution in [3.63, 3.8) is 0 Å². The van der Waals surface area contributed by atoms with Crippen molar-refractivity contribution in [2.24, 2.45) is 0 Å². The molecule has 3 rings (SSSR count). The summed E-state index contributed by atoms with van der Waals surface area (Å²) in [5.41, 5.74) is 0.958. The maximum Gasteiger partial charge on any atom is 0.316 e. The van der Waals surface area contributed by atoms with Crippen molar-refractivity contribution in [3.05, 3.63) is 42.2 Å². The molecule has 0 aliphatic carbocycles. The summed E-state index contributed by atoms with van der Waals surface area (Å²) >= 11 is 0. The molecule has 2 aromatic rings. The Morgan fingerprint density at radius 2 is 1.96 bits per heavy atom. The van der Waals surface area contributed by atoms with Gasteiger partial charge in [0.05, 0.1) is 19.9 Å². The molecule has 1 aromatic carbocycles. The fourth-order valence-corrected chi connectivity index (χ4v) is 2.94. The number of hydrogen-bond donors (Lipinski definition) is 0. The van der Waals surface area contributed by atoms with E-state index in [1.165, 1.54) is 0 Å². The van der Waals surface area contributed by atoms with E-state index in [0.29, 0.717) is 6.01 Å². The first-order chi connectivity index (χ1) is 11.8. The third kappa shape index (κ3) is 4.14. The quantitative estimate of drug-likeness (QED) is 0.812. The van der Waals surface area contributed by atoms with Gasteiger partial charge in [-0.1, -0.05) is 12.1 Å². The Morgan fingerprint density at radius 3 is 2.75 bits per heavy atom. The average Bonchev–Trinajstić information content (AvgIpc) is 2.62. The molecule has 1 atom stereocenters. The molecule has 6 heteroatoms. The Bertz CT molecular complexity index is 665. The fraction of sp³-hybridized carbons (Fsp3) is 0.444. The van der Waals surface area contributed by atoms with Crippen LogP contribution < -0.4 is 14.2 Å². The minimum Gasteiger partial charge on any atom is -0.493 e. The molecule has 0 N–H and O–H groups in total. The average molecular weight is 329 g/mol. The molecule has 1 aliphatic heterocycles. The van der Waals surface area contributed by atoms with Gasteiger partial charge in [-0.25, -0.2) is 4.98 Å². The standard InChI is InChI=1S/C18H23N3O3/c1-22-16-7-3-4-8-17(16)24-15-6-5-11-21(13-15)12-14-9-10-19-18(20-14)23-2/h3-4,7-10,15H,5-6,11-13H2,1-2H3. The highest BCUT2D eigenvalue weighted by Crippen LogP contribution is 2.28. The number of methoxy groups -OCH3 is 2. The molecule has 24 heavy (non-hydrogen) atoms. The zero-order chi connectivity index (χ0) is 16.8. The van der Waals surface area contributed by atoms with Crippen LogP contribution >= 0.6 is 0 Å². The van der Waals surface area contributed by atoms with Crippen LogP contribution in [0, 0.1) is 0 Å². The van der Waals surface area contributed by atoms with Crippen LogP contribution in [0.3, 0.4) is 0 Å². The summed E-state index contributed by atoms with van der Waals surface area (Å²) in [6.45, 7) is 2.67. The van der Waals surface area contributed by atoms with E-state index in [-0.39, 0.29) is 6.10 Å². The number of piperidine rings is 1. The molecule has 0 spiro atoms. The number of rotatable bonds is 6. The molecule has 0 amide bonds. The highest BCUT2D eigenvalue weighted by atomic mass is 16.5. The summed E-state index contributed by atoms with van der Waals surface area (Å²) in [4.78, 5) is 10.8. The largest absolute Gasteiger partial charge is 0.493 e. The molecule has 1 saturated heterocycles. The third-order valence-electron chi connectivity index (χ3n) is 4.08. The van der Waals surface area contributed by atoms with Crippen molar-refractivity contribution >= 4 is 0 Å². The van der Waals surface area contributed by atoms with Crippen molar-refractivity contribution in [2.75, 3.05) is 27.3 Å². The number of nitrogens with zero attached hydrogens (tertiary/aromatic N) is 3. The molecule has 0 saturated carbocycles. The van der Waals surface area contributed by atoms with Crippen LogP contribution in [0.25, 0.3) is 0 Å². The van der Waals surface area contributed by atoms with Gasteiger partial charge in [-0.05, 0) is 37.6 Å². The molecule has 1 unspecified atom stereocenters. The van der Waals surface area contributed by atoms with E-state index >= 15 is 0 Å². The monoisotopic (exact) mass is 329 g/mol. The van der Waals surface area contributed by atoms with Crippen molar-refractivity contribution in [1.82, 2.24) is 14.9 Å². The van der Waals surface area contributed by atoms with Crippen LogP contribution in [0.2, 0.25) is 0 Å². The first-order valence-corrected chi connectivity index (χ1v) is 8.16. The lowest BCUT2D eigenvalue weighted by molar-refractivity contribution is 0.0812. The van der Waals surface area contributed by atoms with Gasteiger partial charge in [-0.3, -0.25) is 4.90 Å². The van der Waals surface area contributed by atoms with Gasteiger partial charge in [-0.2, -0.15) is 4.98 Å². The van der Waals surface area contributed by atoms with E-state index in [1.54, 1.807) is 20.4 Å². The fourth-order valence-electron chi connectivity index (χ4n) is 2.94. The zero-order valence-electron chi connectivity index (χ0n) is 14.1. The van der Waals surface area contributed by atoms with Gasteiger partial charge in [0.2, 0.25) is 0 Å². The SMILES string of the molecule is COc1nccc(CN2CCCC(Oc3ccccc3OC)C2)n1. The highest BCUT2D eigenvalue weighted by Gasteiger charge is 2.22. The number of ether oxygens (including phenoxy) is 3. The van der Waals surface area contributed by atoms with Crippen LogP contribution in [0.1, 0.15) is 18.5 Å². The first kappa shape index (κ1) is 16.5. The third-order valence-corrected chi connectivity index (χ3v) is 4.08. The second-order valence-corrected chi connectivity index (χ2v) is 5.80. The van der Waals surface area contributed by atoms with Crippen molar-refractivity contribution < 1.29 is 14.2 Å². The summed E-state index contributed by atoms with van der Waals surface area (Å²) in [5, 5.41) is 0. The van der Waals surface area contributed by atoms with Crippen LogP contribution in [-0.4, -0.2) is 48.3 Å². The Labute approximate surface area is 142 Å². The van der Waals surface area contributed by atoms with Gasteiger partial charge in [0.1, 0.15) is 6.10 Å². The van der Waals surface area contributed by atoms with E-state index in [2.05, 4.69) is 14.9 Å². The summed E-state index contributed by atoms with van der Waals surface area (Å²) in [5.74, 6) is 1.57. The van der Waals surface area contributed by atoms with Crippen molar-refractivity contribution in [2.45, 2.75) is 25.5 Å². The van der Waals surface area contributed by atoms with Crippen LogP contribution in [-0.2, 0) is 6.54 Å². The lowest BCUT2D eigenvalue weighted by Crippen LogP contribution is -2.40. The maximum absolute atomic E-state index is 6.17. The van der Waals surface area contributed by atoms with Gasteiger partial charge < -0.3 is 14.2 Å². The lowest BCUT2D eigenvalue weighted by Gasteiger charge is -2.32. The van der Waals surface area contributed by atoms with E-state index < -0.39 is 0 Å². The maximum atomic E-state index is 6.17. The van der Waals surface area contributed by atoms with E-state index in [1.807, 2.05) is 30.3 Å². The summed E-state index contributed by atoms with van der Waals surface area (Å²) in [6.07, 6.45) is 4.02. The molecule has 0 bridgehead atoms. The molecule has 1 fully saturated rings. The number of hydrogen-bond acceptors (Lipinski definition) is 6. The Kier molecular flexibility index (Phi) is 5.48. The smallest absolute Gasteiger partial charge is 0.316 e. The van der Waals surface area contributed by atoms with Crippen molar-refractivity contribution in [3.8, 4) is 17.5 Å². The normalized spacial score (nSPS) is 18.2. The highest BCUT2D eigenvalue weighted by molar-refractivity contribution is 5.39. The number of aromatic nitrogens is 2. The molecule has 1 aromatic heterocycles. The van der Waals surface area contributed by atoms with Crippen molar-refractivity contribution in [1.29, 1.82) is 0 Å². The molecule has 2 heterocycles. The minimum absolute atomic E-state index is 0.152. The van der Waals surface area contributed by atoms with Crippen LogP contribution in [0.4, 0.5) is 0 Å². The van der Waals surface area contributed by atoms with Gasteiger partial charge >= 0.3 is 6.01 Å². The van der Waals surface area contributed by atoms with E-state index in [4.69, 9.17) is 14.2 Å². The second kappa shape index (κ2) is 7.97. The minimum atomic E-state index is 0.152. The Morgan fingerprint density at radius 1 is 1.12 bits per heavy atom. The summed E-state index contributed by atoms with van der Waals surface area (Å²) < 4.78 is 16.6. The number of likely N-dealkylation sites (tertiary alicyclic amines) is 1. The Hall–Kier alpha value is -2.34. The lowest BCUT2D eigenvalue weighted by atomic mass is 10.1. The summed E-state index contributed by atoms with van der Waals surface area (Å²) in [7, 11) is 3.25.